The Hall–Kier alpha value is -1.56. The average Bonchev–Trinajstić information content (AvgIpc) is 2.44. The first-order chi connectivity index (χ1) is 10.4. The van der Waals surface area contributed by atoms with Gasteiger partial charge in [-0.2, -0.15) is 0 Å². The maximum absolute atomic E-state index is 12.3. The summed E-state index contributed by atoms with van der Waals surface area (Å²) in [5.74, 6) is 0.594. The molecule has 0 aromatic heterocycles. The fraction of sp³-hybridized carbons (Fsp3) is 0.278. The van der Waals surface area contributed by atoms with E-state index in [1.807, 2.05) is 57.2 Å². The molecular weight excluding hydrogens is 389 g/mol. The molecule has 1 atom stereocenters. The van der Waals surface area contributed by atoms with E-state index >= 15 is 0 Å². The molecule has 0 radical (unpaired) electrons. The molecule has 0 saturated carbocycles. The summed E-state index contributed by atoms with van der Waals surface area (Å²) in [6.45, 7) is 7.76. The maximum atomic E-state index is 12.3. The molecule has 0 spiro atoms. The van der Waals surface area contributed by atoms with Crippen molar-refractivity contribution in [2.45, 2.75) is 33.8 Å². The van der Waals surface area contributed by atoms with Gasteiger partial charge in [0.15, 0.2) is 6.10 Å². The average molecular weight is 409 g/mol. The minimum Gasteiger partial charge on any atom is -0.481 e. The monoisotopic (exact) mass is 409 g/mol. The molecule has 1 N–H and O–H groups in total. The van der Waals surface area contributed by atoms with Crippen LogP contribution in [0.3, 0.4) is 0 Å². The van der Waals surface area contributed by atoms with Gasteiger partial charge in [0.1, 0.15) is 5.75 Å². The largest absolute Gasteiger partial charge is 0.481 e. The lowest BCUT2D eigenvalue weighted by Crippen LogP contribution is -2.30. The van der Waals surface area contributed by atoms with Crippen molar-refractivity contribution in [1.82, 2.24) is 0 Å². The lowest BCUT2D eigenvalue weighted by atomic mass is 10.1. The summed E-state index contributed by atoms with van der Waals surface area (Å²) in [7, 11) is 0. The molecule has 0 aliphatic rings. The van der Waals surface area contributed by atoms with Crippen LogP contribution in [0.15, 0.2) is 36.4 Å². The molecule has 0 fully saturated rings. The number of anilines is 1. The minimum absolute atomic E-state index is 0.149. The number of benzene rings is 2. The first kappa shape index (κ1) is 16.8. The lowest BCUT2D eigenvalue weighted by Gasteiger charge is -2.17. The number of rotatable bonds is 4. The number of carbonyl (C=O) groups is 1. The van der Waals surface area contributed by atoms with E-state index in [2.05, 4.69) is 27.9 Å². The number of nitrogens with one attached hydrogen (secondary N) is 1. The van der Waals surface area contributed by atoms with E-state index in [0.717, 1.165) is 26.1 Å². The van der Waals surface area contributed by atoms with Crippen LogP contribution in [0.1, 0.15) is 23.6 Å². The summed E-state index contributed by atoms with van der Waals surface area (Å²) in [6, 6.07) is 11.9. The van der Waals surface area contributed by atoms with Crippen LogP contribution in [-0.4, -0.2) is 12.0 Å². The van der Waals surface area contributed by atoms with Crippen LogP contribution in [0.2, 0.25) is 0 Å². The summed E-state index contributed by atoms with van der Waals surface area (Å²) in [5, 5.41) is 2.92. The second-order valence-electron chi connectivity index (χ2n) is 5.48. The highest BCUT2D eigenvalue weighted by Gasteiger charge is 2.16. The van der Waals surface area contributed by atoms with Crippen LogP contribution < -0.4 is 10.1 Å². The molecular formula is C18H20INO2. The van der Waals surface area contributed by atoms with E-state index in [4.69, 9.17) is 4.74 Å². The van der Waals surface area contributed by atoms with Crippen molar-refractivity contribution >= 4 is 34.2 Å². The van der Waals surface area contributed by atoms with Crippen molar-refractivity contribution < 1.29 is 9.53 Å². The van der Waals surface area contributed by atoms with E-state index in [1.165, 1.54) is 5.56 Å². The number of halogens is 1. The molecule has 0 heterocycles. The molecule has 22 heavy (non-hydrogen) atoms. The van der Waals surface area contributed by atoms with Gasteiger partial charge in [-0.3, -0.25) is 4.79 Å². The van der Waals surface area contributed by atoms with Gasteiger partial charge in [-0.05, 0) is 85.7 Å². The zero-order chi connectivity index (χ0) is 16.3. The highest BCUT2D eigenvalue weighted by Crippen LogP contribution is 2.21. The Bertz CT molecular complexity index is 697. The number of amides is 1. The molecule has 0 bridgehead atoms. The fourth-order valence-corrected chi connectivity index (χ4v) is 2.82. The highest BCUT2D eigenvalue weighted by molar-refractivity contribution is 14.1. The normalized spacial score (nSPS) is 11.9. The van der Waals surface area contributed by atoms with Crippen molar-refractivity contribution in [2.24, 2.45) is 0 Å². The molecule has 2 rings (SSSR count). The molecule has 0 unspecified atom stereocenters. The Morgan fingerprint density at radius 1 is 1.09 bits per heavy atom. The first-order valence-corrected chi connectivity index (χ1v) is 8.25. The van der Waals surface area contributed by atoms with Crippen LogP contribution in [0.25, 0.3) is 0 Å². The van der Waals surface area contributed by atoms with Gasteiger partial charge in [0, 0.05) is 9.26 Å². The standard InChI is InChI=1S/C18H20INO2/c1-11-5-8-17(13(3)9-11)22-14(4)18(21)20-16-7-6-15(19)10-12(16)2/h5-10,14H,1-4H3,(H,20,21)/t14-/m0/s1. The number of ether oxygens (including phenoxy) is 1. The van der Waals surface area contributed by atoms with Gasteiger partial charge in [-0.1, -0.05) is 17.7 Å². The Morgan fingerprint density at radius 2 is 1.82 bits per heavy atom. The van der Waals surface area contributed by atoms with Crippen LogP contribution in [-0.2, 0) is 4.79 Å². The smallest absolute Gasteiger partial charge is 0.265 e. The molecule has 0 saturated heterocycles. The van der Waals surface area contributed by atoms with Crippen molar-refractivity contribution in [3.63, 3.8) is 0 Å². The second kappa shape index (κ2) is 7.13. The first-order valence-electron chi connectivity index (χ1n) is 7.18. The molecule has 116 valence electrons. The zero-order valence-corrected chi connectivity index (χ0v) is 15.4. The summed E-state index contributed by atoms with van der Waals surface area (Å²) < 4.78 is 6.93. The van der Waals surface area contributed by atoms with E-state index < -0.39 is 6.10 Å². The Balaban J connectivity index is 2.05. The van der Waals surface area contributed by atoms with Crippen molar-refractivity contribution in [1.29, 1.82) is 0 Å². The lowest BCUT2D eigenvalue weighted by molar-refractivity contribution is -0.122. The number of hydrogen-bond acceptors (Lipinski definition) is 2. The Labute approximate surface area is 145 Å². The zero-order valence-electron chi connectivity index (χ0n) is 13.2. The summed E-state index contributed by atoms with van der Waals surface area (Å²) >= 11 is 2.25. The van der Waals surface area contributed by atoms with E-state index in [0.29, 0.717) is 0 Å². The predicted molar refractivity (Wildman–Crippen MR) is 98.5 cm³/mol. The third-order valence-corrected chi connectivity index (χ3v) is 4.12. The Morgan fingerprint density at radius 3 is 2.45 bits per heavy atom. The molecule has 3 nitrogen and oxygen atoms in total. The number of aryl methyl sites for hydroxylation is 3. The predicted octanol–water partition coefficient (Wildman–Crippen LogP) is 4.62. The Kier molecular flexibility index (Phi) is 5.45. The summed E-state index contributed by atoms with van der Waals surface area (Å²) in [6.07, 6.45) is -0.555. The van der Waals surface area contributed by atoms with Gasteiger partial charge in [-0.15, -0.1) is 0 Å². The van der Waals surface area contributed by atoms with Gasteiger partial charge in [-0.25, -0.2) is 0 Å². The van der Waals surface area contributed by atoms with Crippen molar-refractivity contribution in [3.05, 3.63) is 56.7 Å². The molecule has 0 aliphatic carbocycles. The molecule has 1 amide bonds. The van der Waals surface area contributed by atoms with Gasteiger partial charge in [0.2, 0.25) is 0 Å². The van der Waals surface area contributed by atoms with E-state index in [1.54, 1.807) is 6.92 Å². The van der Waals surface area contributed by atoms with Crippen LogP contribution in [0, 0.1) is 24.3 Å². The minimum atomic E-state index is -0.555. The van der Waals surface area contributed by atoms with E-state index in [-0.39, 0.29) is 5.91 Å². The SMILES string of the molecule is Cc1ccc(O[C@@H](C)C(=O)Nc2ccc(I)cc2C)c(C)c1. The third-order valence-electron chi connectivity index (χ3n) is 3.45. The fourth-order valence-electron chi connectivity index (χ4n) is 2.18. The third kappa shape index (κ3) is 4.22. The number of carbonyl (C=O) groups excluding carboxylic acids is 1. The topological polar surface area (TPSA) is 38.3 Å². The van der Waals surface area contributed by atoms with Crippen molar-refractivity contribution in [3.8, 4) is 5.75 Å². The number of hydrogen-bond donors (Lipinski definition) is 1. The maximum Gasteiger partial charge on any atom is 0.265 e. The van der Waals surface area contributed by atoms with Gasteiger partial charge in [0.05, 0.1) is 0 Å². The van der Waals surface area contributed by atoms with Crippen LogP contribution in [0.5, 0.6) is 5.75 Å². The van der Waals surface area contributed by atoms with Crippen molar-refractivity contribution in [2.75, 3.05) is 5.32 Å². The van der Waals surface area contributed by atoms with Gasteiger partial charge < -0.3 is 10.1 Å². The molecule has 2 aromatic rings. The second-order valence-corrected chi connectivity index (χ2v) is 6.72. The highest BCUT2D eigenvalue weighted by atomic mass is 127. The summed E-state index contributed by atoms with van der Waals surface area (Å²) in [5.41, 5.74) is 4.07. The molecule has 2 aromatic carbocycles. The summed E-state index contributed by atoms with van der Waals surface area (Å²) in [4.78, 5) is 12.3. The van der Waals surface area contributed by atoms with Gasteiger partial charge >= 0.3 is 0 Å². The molecule has 0 aliphatic heterocycles. The van der Waals surface area contributed by atoms with Crippen LogP contribution >= 0.6 is 22.6 Å². The van der Waals surface area contributed by atoms with E-state index in [9.17, 15) is 4.79 Å². The van der Waals surface area contributed by atoms with Crippen LogP contribution in [0.4, 0.5) is 5.69 Å². The molecule has 4 heteroatoms. The van der Waals surface area contributed by atoms with Gasteiger partial charge in [0.25, 0.3) is 5.91 Å². The quantitative estimate of drug-likeness (QED) is 0.749.